The third-order valence-electron chi connectivity index (χ3n) is 7.80. The zero-order valence-corrected chi connectivity index (χ0v) is 23.8. The Balaban J connectivity index is 1.42. The maximum absolute atomic E-state index is 2.39. The topological polar surface area (TPSA) is 3.24 Å². The van der Waals surface area contributed by atoms with Crippen LogP contribution in [-0.4, -0.2) is 0 Å². The van der Waals surface area contributed by atoms with Gasteiger partial charge in [-0.05, 0) is 108 Å². The van der Waals surface area contributed by atoms with E-state index in [1.807, 2.05) is 0 Å². The summed E-state index contributed by atoms with van der Waals surface area (Å²) in [5, 5.41) is 2.62. The van der Waals surface area contributed by atoms with Gasteiger partial charge >= 0.3 is 0 Å². The summed E-state index contributed by atoms with van der Waals surface area (Å²) in [5.74, 6) is 0. The Labute approximate surface area is 235 Å². The van der Waals surface area contributed by atoms with Crippen LogP contribution < -0.4 is 4.90 Å². The molecule has 0 atom stereocenters. The number of hydrogen-bond acceptors (Lipinski definition) is 1. The van der Waals surface area contributed by atoms with Crippen molar-refractivity contribution in [1.82, 2.24) is 0 Å². The van der Waals surface area contributed by atoms with Gasteiger partial charge in [0.25, 0.3) is 0 Å². The molecule has 1 heteroatoms. The molecule has 1 nitrogen and oxygen atoms in total. The van der Waals surface area contributed by atoms with Gasteiger partial charge in [-0.2, -0.15) is 0 Å². The van der Waals surface area contributed by atoms with Crippen molar-refractivity contribution >= 4 is 27.8 Å². The Bertz CT molecular complexity index is 1510. The number of rotatable bonds is 11. The molecule has 0 radical (unpaired) electrons. The molecular weight excluding hydrogens is 470 g/mol. The van der Waals surface area contributed by atoms with E-state index in [9.17, 15) is 0 Å². The maximum atomic E-state index is 2.39. The van der Waals surface area contributed by atoms with Crippen LogP contribution in [0.3, 0.4) is 0 Å². The van der Waals surface area contributed by atoms with Crippen LogP contribution in [0.5, 0.6) is 0 Å². The molecule has 39 heavy (non-hydrogen) atoms. The first-order valence-electron chi connectivity index (χ1n) is 14.7. The number of nitrogens with zero attached hydrogens (tertiary/aromatic N) is 1. The van der Waals surface area contributed by atoms with Crippen molar-refractivity contribution in [2.75, 3.05) is 4.90 Å². The van der Waals surface area contributed by atoms with E-state index in [2.05, 4.69) is 135 Å². The standard InChI is InChI=1S/C38H41N/c1-4-5-6-7-8-9-15-31-16-12-19-37(27-31)39(36-18-10-13-29(2)26-36)35-23-20-32(21-24-35)33-22-25-38-30(3)14-11-17-34(38)28-33/h10-14,16-28H,4-9,15H2,1-3H3. The van der Waals surface area contributed by atoms with Crippen molar-refractivity contribution in [3.63, 3.8) is 0 Å². The van der Waals surface area contributed by atoms with Gasteiger partial charge in [0, 0.05) is 17.1 Å². The summed E-state index contributed by atoms with van der Waals surface area (Å²) in [4.78, 5) is 2.39. The highest BCUT2D eigenvalue weighted by Crippen LogP contribution is 2.37. The van der Waals surface area contributed by atoms with Crippen LogP contribution in [0.2, 0.25) is 0 Å². The molecule has 5 rings (SSSR count). The average Bonchev–Trinajstić information content (AvgIpc) is 2.96. The normalized spacial score (nSPS) is 11.2. The van der Waals surface area contributed by atoms with Crippen LogP contribution in [0, 0.1) is 13.8 Å². The lowest BCUT2D eigenvalue weighted by molar-refractivity contribution is 0.607. The third-order valence-corrected chi connectivity index (χ3v) is 7.80. The summed E-state index contributed by atoms with van der Waals surface area (Å²) < 4.78 is 0. The number of benzene rings is 5. The van der Waals surface area contributed by atoms with Crippen LogP contribution in [0.4, 0.5) is 17.1 Å². The first kappa shape index (κ1) is 26.8. The number of aryl methyl sites for hydroxylation is 3. The van der Waals surface area contributed by atoms with Crippen LogP contribution >= 0.6 is 0 Å². The average molecular weight is 512 g/mol. The minimum absolute atomic E-state index is 1.14. The highest BCUT2D eigenvalue weighted by Gasteiger charge is 2.14. The van der Waals surface area contributed by atoms with Gasteiger partial charge in [-0.15, -0.1) is 0 Å². The zero-order chi connectivity index (χ0) is 27.0. The van der Waals surface area contributed by atoms with Gasteiger partial charge in [-0.1, -0.05) is 106 Å². The second-order valence-electron chi connectivity index (χ2n) is 10.9. The summed E-state index contributed by atoms with van der Waals surface area (Å²) in [6.07, 6.45) is 9.11. The number of hydrogen-bond donors (Lipinski definition) is 0. The van der Waals surface area contributed by atoms with Crippen LogP contribution in [-0.2, 0) is 6.42 Å². The number of anilines is 3. The van der Waals surface area contributed by atoms with Gasteiger partial charge in [-0.3, -0.25) is 0 Å². The Morgan fingerprint density at radius 1 is 0.538 bits per heavy atom. The van der Waals surface area contributed by atoms with Crippen molar-refractivity contribution in [1.29, 1.82) is 0 Å². The molecule has 5 aromatic rings. The van der Waals surface area contributed by atoms with E-state index in [-0.39, 0.29) is 0 Å². The molecule has 0 aliphatic carbocycles. The smallest absolute Gasteiger partial charge is 0.0464 e. The molecule has 0 spiro atoms. The summed E-state index contributed by atoms with van der Waals surface area (Å²) >= 11 is 0. The first-order chi connectivity index (χ1) is 19.1. The number of fused-ring (bicyclic) bond motifs is 1. The SMILES string of the molecule is CCCCCCCCc1cccc(N(c2ccc(-c3ccc4c(C)cccc4c3)cc2)c2cccc(C)c2)c1. The fourth-order valence-electron chi connectivity index (χ4n) is 5.60. The van der Waals surface area contributed by atoms with E-state index < -0.39 is 0 Å². The molecule has 0 aromatic heterocycles. The predicted octanol–water partition coefficient (Wildman–Crippen LogP) is 11.5. The second kappa shape index (κ2) is 12.8. The summed E-state index contributed by atoms with van der Waals surface area (Å²) in [6.45, 7) is 6.63. The van der Waals surface area contributed by atoms with Gasteiger partial charge in [0.2, 0.25) is 0 Å². The van der Waals surface area contributed by atoms with Crippen molar-refractivity contribution in [2.24, 2.45) is 0 Å². The molecule has 0 aliphatic rings. The molecule has 0 saturated heterocycles. The van der Waals surface area contributed by atoms with Gasteiger partial charge in [0.1, 0.15) is 0 Å². The fourth-order valence-corrected chi connectivity index (χ4v) is 5.60. The fraction of sp³-hybridized carbons (Fsp3) is 0.263. The Morgan fingerprint density at radius 2 is 1.23 bits per heavy atom. The molecule has 0 amide bonds. The third kappa shape index (κ3) is 6.60. The van der Waals surface area contributed by atoms with Gasteiger partial charge < -0.3 is 4.90 Å². The maximum Gasteiger partial charge on any atom is 0.0464 e. The van der Waals surface area contributed by atoms with Crippen LogP contribution in [0.15, 0.2) is 109 Å². The molecule has 0 N–H and O–H groups in total. The lowest BCUT2D eigenvalue weighted by atomic mass is 9.98. The number of unbranched alkanes of at least 4 members (excludes halogenated alkanes) is 5. The Hall–Kier alpha value is -3.84. The minimum Gasteiger partial charge on any atom is -0.310 e. The van der Waals surface area contributed by atoms with Crippen molar-refractivity contribution in [3.8, 4) is 11.1 Å². The highest BCUT2D eigenvalue weighted by atomic mass is 15.1. The van der Waals surface area contributed by atoms with Gasteiger partial charge in [0.15, 0.2) is 0 Å². The summed E-state index contributed by atoms with van der Waals surface area (Å²) in [5.41, 5.74) is 10.1. The van der Waals surface area contributed by atoms with Crippen molar-refractivity contribution in [3.05, 3.63) is 126 Å². The van der Waals surface area contributed by atoms with E-state index in [1.165, 1.54) is 94.2 Å². The summed E-state index contributed by atoms with van der Waals surface area (Å²) in [7, 11) is 0. The van der Waals surface area contributed by atoms with E-state index in [0.29, 0.717) is 0 Å². The molecule has 0 heterocycles. The van der Waals surface area contributed by atoms with E-state index in [4.69, 9.17) is 0 Å². The van der Waals surface area contributed by atoms with E-state index >= 15 is 0 Å². The Morgan fingerprint density at radius 3 is 2.03 bits per heavy atom. The lowest BCUT2D eigenvalue weighted by Gasteiger charge is -2.26. The zero-order valence-electron chi connectivity index (χ0n) is 23.8. The molecule has 5 aromatic carbocycles. The molecule has 0 bridgehead atoms. The van der Waals surface area contributed by atoms with E-state index in [1.54, 1.807) is 0 Å². The largest absolute Gasteiger partial charge is 0.310 e. The van der Waals surface area contributed by atoms with Crippen LogP contribution in [0.1, 0.15) is 62.1 Å². The Kier molecular flexibility index (Phi) is 8.78. The van der Waals surface area contributed by atoms with Crippen molar-refractivity contribution in [2.45, 2.75) is 65.7 Å². The molecular formula is C38H41N. The molecule has 198 valence electrons. The molecule has 0 aliphatic heterocycles. The monoisotopic (exact) mass is 511 g/mol. The molecule has 0 unspecified atom stereocenters. The summed E-state index contributed by atoms with van der Waals surface area (Å²) in [6, 6.07) is 40.3. The first-order valence-corrected chi connectivity index (χ1v) is 14.7. The molecule has 0 fully saturated rings. The van der Waals surface area contributed by atoms with E-state index in [0.717, 1.165) is 6.42 Å². The van der Waals surface area contributed by atoms with Gasteiger partial charge in [0.05, 0.1) is 0 Å². The van der Waals surface area contributed by atoms with Crippen molar-refractivity contribution < 1.29 is 0 Å². The lowest BCUT2D eigenvalue weighted by Crippen LogP contribution is -2.10. The quantitative estimate of drug-likeness (QED) is 0.159. The molecule has 0 saturated carbocycles. The predicted molar refractivity (Wildman–Crippen MR) is 171 cm³/mol. The minimum atomic E-state index is 1.14. The van der Waals surface area contributed by atoms with Gasteiger partial charge in [-0.25, -0.2) is 0 Å². The second-order valence-corrected chi connectivity index (χ2v) is 10.9. The van der Waals surface area contributed by atoms with Crippen LogP contribution in [0.25, 0.3) is 21.9 Å². The highest BCUT2D eigenvalue weighted by molar-refractivity contribution is 5.90.